The van der Waals surface area contributed by atoms with Gasteiger partial charge in [-0.1, -0.05) is 6.92 Å². The van der Waals surface area contributed by atoms with Gasteiger partial charge in [0.1, 0.15) is 0 Å². The van der Waals surface area contributed by atoms with E-state index < -0.39 is 0 Å². The van der Waals surface area contributed by atoms with Gasteiger partial charge in [0.2, 0.25) is 0 Å². The van der Waals surface area contributed by atoms with Crippen LogP contribution in [0.5, 0.6) is 0 Å². The van der Waals surface area contributed by atoms with E-state index in [4.69, 9.17) is 0 Å². The molecule has 0 saturated carbocycles. The molecule has 2 fully saturated rings. The SMILES string of the molecule is CC1CCNC1CN1CCCC1C. The molecule has 3 atom stereocenters. The van der Waals surface area contributed by atoms with Gasteiger partial charge in [0.05, 0.1) is 0 Å². The normalized spacial score (nSPS) is 41.5. The first-order valence-corrected chi connectivity index (χ1v) is 5.75. The summed E-state index contributed by atoms with van der Waals surface area (Å²) < 4.78 is 0. The van der Waals surface area contributed by atoms with Gasteiger partial charge in [0.25, 0.3) is 0 Å². The van der Waals surface area contributed by atoms with Crippen molar-refractivity contribution in [2.75, 3.05) is 19.6 Å². The van der Waals surface area contributed by atoms with E-state index in [2.05, 4.69) is 24.1 Å². The van der Waals surface area contributed by atoms with Crippen molar-refractivity contribution in [3.05, 3.63) is 0 Å². The summed E-state index contributed by atoms with van der Waals surface area (Å²) in [5.41, 5.74) is 0. The molecule has 76 valence electrons. The van der Waals surface area contributed by atoms with E-state index in [0.717, 1.165) is 18.0 Å². The van der Waals surface area contributed by atoms with E-state index >= 15 is 0 Å². The Morgan fingerprint density at radius 3 is 2.69 bits per heavy atom. The van der Waals surface area contributed by atoms with Crippen LogP contribution in [0.15, 0.2) is 0 Å². The van der Waals surface area contributed by atoms with Gasteiger partial charge in [0.15, 0.2) is 0 Å². The minimum atomic E-state index is 0.764. The molecular formula is C11H22N2. The van der Waals surface area contributed by atoms with Crippen molar-refractivity contribution in [1.29, 1.82) is 0 Å². The topological polar surface area (TPSA) is 15.3 Å². The molecule has 0 aromatic rings. The monoisotopic (exact) mass is 182 g/mol. The maximum Gasteiger partial charge on any atom is 0.0221 e. The molecule has 2 saturated heterocycles. The minimum Gasteiger partial charge on any atom is -0.312 e. The molecular weight excluding hydrogens is 160 g/mol. The van der Waals surface area contributed by atoms with Gasteiger partial charge >= 0.3 is 0 Å². The third-order valence-electron chi connectivity index (χ3n) is 3.81. The van der Waals surface area contributed by atoms with Crippen LogP contribution < -0.4 is 5.32 Å². The van der Waals surface area contributed by atoms with Crippen molar-refractivity contribution >= 4 is 0 Å². The molecule has 0 amide bonds. The largest absolute Gasteiger partial charge is 0.312 e. The molecule has 2 heterocycles. The summed E-state index contributed by atoms with van der Waals surface area (Å²) >= 11 is 0. The maximum absolute atomic E-state index is 3.61. The highest BCUT2D eigenvalue weighted by molar-refractivity contribution is 4.86. The van der Waals surface area contributed by atoms with Crippen molar-refractivity contribution in [3.63, 3.8) is 0 Å². The molecule has 2 nitrogen and oxygen atoms in total. The maximum atomic E-state index is 3.61. The summed E-state index contributed by atoms with van der Waals surface area (Å²) in [4.78, 5) is 2.65. The van der Waals surface area contributed by atoms with Gasteiger partial charge in [-0.3, -0.25) is 4.90 Å². The zero-order valence-electron chi connectivity index (χ0n) is 8.92. The third-order valence-corrected chi connectivity index (χ3v) is 3.81. The fourth-order valence-electron chi connectivity index (χ4n) is 2.66. The number of likely N-dealkylation sites (tertiary alicyclic amines) is 1. The average Bonchev–Trinajstić information content (AvgIpc) is 2.65. The standard InChI is InChI=1S/C11H22N2/c1-9-5-6-12-11(9)8-13-7-3-4-10(13)2/h9-12H,3-8H2,1-2H3. The molecule has 2 aliphatic heterocycles. The Morgan fingerprint density at radius 1 is 1.31 bits per heavy atom. The Bertz CT molecular complexity index is 151. The van der Waals surface area contributed by atoms with Crippen LogP contribution in [0.4, 0.5) is 0 Å². The van der Waals surface area contributed by atoms with Crippen LogP contribution in [0.25, 0.3) is 0 Å². The molecule has 0 bridgehead atoms. The Morgan fingerprint density at radius 2 is 2.15 bits per heavy atom. The zero-order valence-corrected chi connectivity index (χ0v) is 8.92. The first-order valence-electron chi connectivity index (χ1n) is 5.75. The second kappa shape index (κ2) is 3.97. The fourth-order valence-corrected chi connectivity index (χ4v) is 2.66. The van der Waals surface area contributed by atoms with Crippen LogP contribution >= 0.6 is 0 Å². The van der Waals surface area contributed by atoms with Gasteiger partial charge < -0.3 is 5.32 Å². The van der Waals surface area contributed by atoms with Crippen LogP contribution in [-0.4, -0.2) is 36.6 Å². The molecule has 13 heavy (non-hydrogen) atoms. The molecule has 3 unspecified atom stereocenters. The Hall–Kier alpha value is -0.0800. The van der Waals surface area contributed by atoms with Crippen molar-refractivity contribution in [3.8, 4) is 0 Å². The molecule has 2 rings (SSSR count). The quantitative estimate of drug-likeness (QED) is 0.695. The third kappa shape index (κ3) is 2.05. The predicted octanol–water partition coefficient (Wildman–Crippen LogP) is 1.47. The summed E-state index contributed by atoms with van der Waals surface area (Å²) in [5, 5.41) is 3.61. The molecule has 2 heteroatoms. The lowest BCUT2D eigenvalue weighted by Gasteiger charge is -2.26. The van der Waals surface area contributed by atoms with Gasteiger partial charge in [-0.2, -0.15) is 0 Å². The number of nitrogens with zero attached hydrogens (tertiary/aromatic N) is 1. The Labute approximate surface area is 81.7 Å². The highest BCUT2D eigenvalue weighted by atomic mass is 15.2. The fraction of sp³-hybridized carbons (Fsp3) is 1.00. The molecule has 0 spiro atoms. The van der Waals surface area contributed by atoms with E-state index in [9.17, 15) is 0 Å². The number of hydrogen-bond acceptors (Lipinski definition) is 2. The number of nitrogens with one attached hydrogen (secondary N) is 1. The van der Waals surface area contributed by atoms with E-state index in [-0.39, 0.29) is 0 Å². The van der Waals surface area contributed by atoms with Crippen LogP contribution in [-0.2, 0) is 0 Å². The van der Waals surface area contributed by atoms with Crippen molar-refractivity contribution in [2.45, 2.75) is 45.2 Å². The molecule has 0 aliphatic carbocycles. The van der Waals surface area contributed by atoms with Crippen LogP contribution in [0, 0.1) is 5.92 Å². The minimum absolute atomic E-state index is 0.764. The van der Waals surface area contributed by atoms with E-state index in [1.54, 1.807) is 0 Å². The van der Waals surface area contributed by atoms with Gasteiger partial charge in [-0.05, 0) is 45.2 Å². The lowest BCUT2D eigenvalue weighted by atomic mass is 10.0. The summed E-state index contributed by atoms with van der Waals surface area (Å²) in [5.74, 6) is 0.882. The van der Waals surface area contributed by atoms with Crippen LogP contribution in [0.3, 0.4) is 0 Å². The van der Waals surface area contributed by atoms with Gasteiger partial charge in [-0.15, -0.1) is 0 Å². The number of rotatable bonds is 2. The molecule has 0 radical (unpaired) electrons. The summed E-state index contributed by atoms with van der Waals surface area (Å²) in [6, 6.07) is 1.59. The second-order valence-corrected chi connectivity index (χ2v) is 4.81. The van der Waals surface area contributed by atoms with Crippen molar-refractivity contribution < 1.29 is 0 Å². The van der Waals surface area contributed by atoms with E-state index in [0.29, 0.717) is 0 Å². The van der Waals surface area contributed by atoms with Crippen molar-refractivity contribution in [1.82, 2.24) is 10.2 Å². The van der Waals surface area contributed by atoms with Crippen molar-refractivity contribution in [2.24, 2.45) is 5.92 Å². The smallest absolute Gasteiger partial charge is 0.0221 e. The first kappa shape index (κ1) is 9.47. The van der Waals surface area contributed by atoms with Crippen LogP contribution in [0.1, 0.15) is 33.1 Å². The highest BCUT2D eigenvalue weighted by Gasteiger charge is 2.28. The predicted molar refractivity (Wildman–Crippen MR) is 55.8 cm³/mol. The second-order valence-electron chi connectivity index (χ2n) is 4.81. The molecule has 0 aromatic carbocycles. The zero-order chi connectivity index (χ0) is 9.26. The summed E-state index contributed by atoms with van der Waals surface area (Å²) in [6.07, 6.45) is 4.18. The van der Waals surface area contributed by atoms with Gasteiger partial charge in [-0.25, -0.2) is 0 Å². The molecule has 1 N–H and O–H groups in total. The van der Waals surface area contributed by atoms with E-state index in [1.165, 1.54) is 38.9 Å². The summed E-state index contributed by atoms with van der Waals surface area (Å²) in [6.45, 7) is 8.58. The molecule has 2 aliphatic rings. The van der Waals surface area contributed by atoms with E-state index in [1.807, 2.05) is 0 Å². The van der Waals surface area contributed by atoms with Crippen LogP contribution in [0.2, 0.25) is 0 Å². The van der Waals surface area contributed by atoms with Gasteiger partial charge in [0, 0.05) is 18.6 Å². The lowest BCUT2D eigenvalue weighted by Crippen LogP contribution is -2.41. The Balaban J connectivity index is 1.82. The average molecular weight is 182 g/mol. The highest BCUT2D eigenvalue weighted by Crippen LogP contribution is 2.21. The molecule has 0 aromatic heterocycles. The summed E-state index contributed by atoms with van der Waals surface area (Å²) in [7, 11) is 0. The first-order chi connectivity index (χ1) is 6.27. The lowest BCUT2D eigenvalue weighted by molar-refractivity contribution is 0.229. The Kier molecular flexibility index (Phi) is 2.89. The number of hydrogen-bond donors (Lipinski definition) is 1.